The molecule has 2 amide bonds. The van der Waals surface area contributed by atoms with Crippen LogP contribution in [0.3, 0.4) is 0 Å². The number of thiazole rings is 1. The third-order valence-corrected chi connectivity index (χ3v) is 6.59. The van der Waals surface area contributed by atoms with Gasteiger partial charge in [0, 0.05) is 39.6 Å². The van der Waals surface area contributed by atoms with Crippen molar-refractivity contribution in [3.63, 3.8) is 0 Å². The Morgan fingerprint density at radius 3 is 2.62 bits per heavy atom. The molecule has 2 aliphatic rings. The summed E-state index contributed by atoms with van der Waals surface area (Å²) >= 11 is 1.42. The van der Waals surface area contributed by atoms with Crippen molar-refractivity contribution in [2.24, 2.45) is 0 Å². The lowest BCUT2D eigenvalue weighted by Crippen LogP contribution is -2.48. The van der Waals surface area contributed by atoms with Gasteiger partial charge in [-0.15, -0.1) is 0 Å². The van der Waals surface area contributed by atoms with Crippen LogP contribution in [0.2, 0.25) is 0 Å². The molecule has 0 spiro atoms. The maximum atomic E-state index is 12.9. The van der Waals surface area contributed by atoms with Crippen molar-refractivity contribution in [1.29, 1.82) is 0 Å². The van der Waals surface area contributed by atoms with Crippen molar-refractivity contribution in [3.05, 3.63) is 47.5 Å². The summed E-state index contributed by atoms with van der Waals surface area (Å²) in [6.07, 6.45) is 0.367. The van der Waals surface area contributed by atoms with Crippen LogP contribution in [-0.2, 0) is 22.6 Å². The largest absolute Gasteiger partial charge is 0.454 e. The third-order valence-electron chi connectivity index (χ3n) is 5.66. The number of amides is 2. The number of ether oxygens (including phenoxy) is 2. The molecule has 2 aliphatic heterocycles. The average molecular weight is 453 g/mol. The van der Waals surface area contributed by atoms with Crippen molar-refractivity contribution < 1.29 is 19.1 Å². The van der Waals surface area contributed by atoms with E-state index in [1.807, 2.05) is 35.2 Å². The Hall–Kier alpha value is -3.17. The van der Waals surface area contributed by atoms with Crippen molar-refractivity contribution in [3.8, 4) is 11.5 Å². The summed E-state index contributed by atoms with van der Waals surface area (Å²) in [6, 6.07) is 11.9. The minimum Gasteiger partial charge on any atom is -0.454 e. The van der Waals surface area contributed by atoms with Crippen LogP contribution in [-0.4, -0.2) is 59.6 Å². The van der Waals surface area contributed by atoms with E-state index in [9.17, 15) is 9.59 Å². The van der Waals surface area contributed by atoms with Gasteiger partial charge >= 0.3 is 0 Å². The van der Waals surface area contributed by atoms with Crippen LogP contribution in [0.25, 0.3) is 10.2 Å². The maximum Gasteiger partial charge on any atom is 0.231 e. The number of hydrogen-bond donors (Lipinski definition) is 1. The van der Waals surface area contributed by atoms with Gasteiger partial charge in [0.25, 0.3) is 0 Å². The number of nitrogens with zero attached hydrogens (tertiary/aromatic N) is 3. The molecule has 2 aromatic carbocycles. The highest BCUT2D eigenvalue weighted by molar-refractivity contribution is 7.22. The molecule has 0 aliphatic carbocycles. The summed E-state index contributed by atoms with van der Waals surface area (Å²) in [5.41, 5.74) is 2.97. The molecule has 1 N–H and O–H groups in total. The molecule has 1 aromatic heterocycles. The fourth-order valence-corrected chi connectivity index (χ4v) is 5.00. The average Bonchev–Trinajstić information content (AvgIpc) is 3.39. The van der Waals surface area contributed by atoms with E-state index in [4.69, 9.17) is 9.47 Å². The lowest BCUT2D eigenvalue weighted by Gasteiger charge is -2.34. The Morgan fingerprint density at radius 1 is 1.03 bits per heavy atom. The summed E-state index contributed by atoms with van der Waals surface area (Å²) in [7, 11) is 0. The minimum absolute atomic E-state index is 0.138. The van der Waals surface area contributed by atoms with Crippen molar-refractivity contribution in [1.82, 2.24) is 14.8 Å². The smallest absolute Gasteiger partial charge is 0.231 e. The first-order valence-corrected chi connectivity index (χ1v) is 11.4. The summed E-state index contributed by atoms with van der Waals surface area (Å²) in [6.45, 7) is 5.70. The van der Waals surface area contributed by atoms with Gasteiger partial charge in [0.05, 0.1) is 16.6 Å². The molecule has 0 atom stereocenters. The van der Waals surface area contributed by atoms with Gasteiger partial charge in [0.1, 0.15) is 0 Å². The first kappa shape index (κ1) is 20.7. The molecule has 1 saturated heterocycles. The predicted octanol–water partition coefficient (Wildman–Crippen LogP) is 2.87. The van der Waals surface area contributed by atoms with E-state index in [0.29, 0.717) is 11.6 Å². The lowest BCUT2D eigenvalue weighted by molar-refractivity contribution is -0.132. The number of fused-ring (bicyclic) bond motifs is 2. The zero-order valence-corrected chi connectivity index (χ0v) is 18.6. The van der Waals surface area contributed by atoms with Crippen LogP contribution >= 0.6 is 11.3 Å². The Bertz CT molecular complexity index is 1170. The van der Waals surface area contributed by atoms with Crippen molar-refractivity contribution in [2.45, 2.75) is 19.9 Å². The summed E-state index contributed by atoms with van der Waals surface area (Å²) in [5.74, 6) is 1.60. The van der Waals surface area contributed by atoms with Crippen LogP contribution in [0.5, 0.6) is 11.5 Å². The molecule has 0 saturated carbocycles. The second-order valence-electron chi connectivity index (χ2n) is 8.02. The van der Waals surface area contributed by atoms with Gasteiger partial charge in [0.15, 0.2) is 16.6 Å². The first-order valence-electron chi connectivity index (χ1n) is 10.6. The van der Waals surface area contributed by atoms with Crippen LogP contribution < -0.4 is 14.8 Å². The number of rotatable bonds is 5. The van der Waals surface area contributed by atoms with E-state index >= 15 is 0 Å². The SMILES string of the molecule is CC(=O)Nc1nc2ccc(CC(=O)N3CCN(Cc4ccc5c(c4)OCO5)CC3)cc2s1. The molecule has 0 bridgehead atoms. The van der Waals surface area contributed by atoms with Gasteiger partial charge in [-0.25, -0.2) is 4.98 Å². The summed E-state index contributed by atoms with van der Waals surface area (Å²) < 4.78 is 11.8. The van der Waals surface area contributed by atoms with E-state index in [-0.39, 0.29) is 18.6 Å². The van der Waals surface area contributed by atoms with Gasteiger partial charge in [-0.2, -0.15) is 0 Å². The van der Waals surface area contributed by atoms with Crippen molar-refractivity contribution in [2.75, 3.05) is 38.3 Å². The molecule has 0 radical (unpaired) electrons. The molecule has 3 aromatic rings. The predicted molar refractivity (Wildman–Crippen MR) is 122 cm³/mol. The number of benzene rings is 2. The number of aromatic nitrogens is 1. The molecule has 8 nitrogen and oxygen atoms in total. The van der Waals surface area contributed by atoms with Gasteiger partial charge in [-0.3, -0.25) is 14.5 Å². The van der Waals surface area contributed by atoms with E-state index in [2.05, 4.69) is 21.3 Å². The first-order chi connectivity index (χ1) is 15.5. The lowest BCUT2D eigenvalue weighted by atomic mass is 10.1. The Labute approximate surface area is 189 Å². The molecule has 32 heavy (non-hydrogen) atoms. The summed E-state index contributed by atoms with van der Waals surface area (Å²) in [5, 5.41) is 3.29. The Balaban J connectivity index is 1.15. The fourth-order valence-electron chi connectivity index (χ4n) is 4.02. The van der Waals surface area contributed by atoms with Gasteiger partial charge in [0.2, 0.25) is 18.6 Å². The number of carbonyl (C=O) groups excluding carboxylic acids is 2. The third kappa shape index (κ3) is 4.53. The normalized spacial score (nSPS) is 15.8. The van der Waals surface area contributed by atoms with Crippen LogP contribution in [0.15, 0.2) is 36.4 Å². The Kier molecular flexibility index (Phi) is 5.67. The highest BCUT2D eigenvalue weighted by Crippen LogP contribution is 2.33. The molecule has 5 rings (SSSR count). The van der Waals surface area contributed by atoms with Gasteiger partial charge < -0.3 is 19.7 Å². The topological polar surface area (TPSA) is 84.0 Å². The zero-order valence-electron chi connectivity index (χ0n) is 17.8. The molecule has 166 valence electrons. The number of anilines is 1. The number of piperazine rings is 1. The molecular weight excluding hydrogens is 428 g/mol. The second-order valence-corrected chi connectivity index (χ2v) is 9.05. The van der Waals surface area contributed by atoms with E-state index in [1.54, 1.807) is 0 Å². The number of hydrogen-bond acceptors (Lipinski definition) is 7. The molecule has 0 unspecified atom stereocenters. The molecule has 9 heteroatoms. The number of nitrogens with one attached hydrogen (secondary N) is 1. The highest BCUT2D eigenvalue weighted by Gasteiger charge is 2.22. The summed E-state index contributed by atoms with van der Waals surface area (Å²) in [4.78, 5) is 32.8. The number of carbonyl (C=O) groups is 2. The van der Waals surface area contributed by atoms with Gasteiger partial charge in [-0.05, 0) is 35.4 Å². The van der Waals surface area contributed by atoms with Crippen LogP contribution in [0, 0.1) is 0 Å². The molecule has 1 fully saturated rings. The highest BCUT2D eigenvalue weighted by atomic mass is 32.1. The maximum absolute atomic E-state index is 12.9. The monoisotopic (exact) mass is 452 g/mol. The van der Waals surface area contributed by atoms with Crippen molar-refractivity contribution >= 4 is 38.5 Å². The van der Waals surface area contributed by atoms with E-state index < -0.39 is 0 Å². The Morgan fingerprint density at radius 2 is 1.81 bits per heavy atom. The van der Waals surface area contributed by atoms with E-state index in [1.165, 1.54) is 23.8 Å². The molecular formula is C23H24N4O4S. The van der Waals surface area contributed by atoms with Crippen LogP contribution in [0.4, 0.5) is 5.13 Å². The van der Waals surface area contributed by atoms with E-state index in [0.717, 1.165) is 60.0 Å². The van der Waals surface area contributed by atoms with Crippen LogP contribution in [0.1, 0.15) is 18.1 Å². The molecule has 3 heterocycles. The zero-order chi connectivity index (χ0) is 22.1. The minimum atomic E-state index is -0.142. The van der Waals surface area contributed by atoms with Gasteiger partial charge in [-0.1, -0.05) is 23.5 Å². The fraction of sp³-hybridized carbons (Fsp3) is 0.348. The second kappa shape index (κ2) is 8.76. The quantitative estimate of drug-likeness (QED) is 0.641. The standard InChI is InChI=1S/C23H24N4O4S/c1-15(28)24-23-25-18-4-2-16(11-21(18)32-23)12-22(29)27-8-6-26(7-9-27)13-17-3-5-19-20(10-17)31-14-30-19/h2-5,10-11H,6-9,12-14H2,1H3,(H,24,25,28).